The lowest BCUT2D eigenvalue weighted by molar-refractivity contribution is 0.615. The zero-order valence-corrected chi connectivity index (χ0v) is 13.9. The van der Waals surface area contributed by atoms with E-state index in [4.69, 9.17) is 11.6 Å². The third-order valence-corrected chi connectivity index (χ3v) is 4.03. The van der Waals surface area contributed by atoms with Gasteiger partial charge in [-0.15, -0.1) is 11.6 Å². The Balaban J connectivity index is 2.38. The van der Waals surface area contributed by atoms with Gasteiger partial charge >= 0.3 is 0 Å². The third kappa shape index (κ3) is 2.58. The summed E-state index contributed by atoms with van der Waals surface area (Å²) in [5.41, 5.74) is 3.22. The van der Waals surface area contributed by atoms with Gasteiger partial charge in [0, 0.05) is 4.47 Å². The maximum absolute atomic E-state index is 14.4. The molecule has 0 saturated carbocycles. The molecule has 1 aromatic heterocycles. The summed E-state index contributed by atoms with van der Waals surface area (Å²) in [5.74, 6) is 0.322. The highest BCUT2D eigenvalue weighted by atomic mass is 79.9. The van der Waals surface area contributed by atoms with Crippen LogP contribution in [0.25, 0.3) is 16.7 Å². The minimum Gasteiger partial charge on any atom is -0.292 e. The molecule has 3 rings (SSSR count). The van der Waals surface area contributed by atoms with E-state index in [1.807, 2.05) is 38.1 Å². The van der Waals surface area contributed by atoms with Crippen molar-refractivity contribution >= 4 is 38.6 Å². The maximum atomic E-state index is 14.4. The second-order valence-corrected chi connectivity index (χ2v) is 6.58. The van der Waals surface area contributed by atoms with Crippen molar-refractivity contribution < 1.29 is 4.39 Å². The smallest absolute Gasteiger partial charge is 0.148 e. The molecule has 1 atom stereocenters. The highest BCUT2D eigenvalue weighted by Crippen LogP contribution is 2.30. The quantitative estimate of drug-likeness (QED) is 0.544. The molecule has 5 heteroatoms. The van der Waals surface area contributed by atoms with Crippen molar-refractivity contribution in [3.63, 3.8) is 0 Å². The number of alkyl halides is 1. The highest BCUT2D eigenvalue weighted by Gasteiger charge is 2.18. The van der Waals surface area contributed by atoms with E-state index in [9.17, 15) is 4.39 Å². The summed E-state index contributed by atoms with van der Waals surface area (Å²) in [5, 5.41) is -0.319. The molecule has 0 bridgehead atoms. The summed E-state index contributed by atoms with van der Waals surface area (Å²) < 4.78 is 16.9. The van der Waals surface area contributed by atoms with Gasteiger partial charge in [-0.1, -0.05) is 22.0 Å². The van der Waals surface area contributed by atoms with E-state index in [1.165, 1.54) is 6.07 Å². The average molecular weight is 368 g/mol. The molecule has 1 heterocycles. The minimum atomic E-state index is -0.319. The van der Waals surface area contributed by atoms with Gasteiger partial charge in [-0.05, 0) is 49.7 Å². The molecule has 2 nitrogen and oxygen atoms in total. The number of aromatic nitrogens is 2. The van der Waals surface area contributed by atoms with Crippen LogP contribution in [0.5, 0.6) is 0 Å². The molecule has 1 unspecified atom stereocenters. The fourth-order valence-corrected chi connectivity index (χ4v) is 2.87. The van der Waals surface area contributed by atoms with Crippen LogP contribution in [0.3, 0.4) is 0 Å². The first-order chi connectivity index (χ1) is 9.97. The van der Waals surface area contributed by atoms with Crippen LogP contribution in [-0.4, -0.2) is 9.55 Å². The topological polar surface area (TPSA) is 17.8 Å². The number of imidazole rings is 1. The van der Waals surface area contributed by atoms with Crippen molar-refractivity contribution in [1.82, 2.24) is 9.55 Å². The first-order valence-corrected chi connectivity index (χ1v) is 7.79. The molecule has 21 heavy (non-hydrogen) atoms. The van der Waals surface area contributed by atoms with E-state index in [0.717, 1.165) is 16.6 Å². The molecule has 3 aromatic rings. The summed E-state index contributed by atoms with van der Waals surface area (Å²) in [7, 11) is 0. The van der Waals surface area contributed by atoms with Crippen molar-refractivity contribution in [1.29, 1.82) is 0 Å². The molecule has 108 valence electrons. The lowest BCUT2D eigenvalue weighted by atomic mass is 10.2. The highest BCUT2D eigenvalue weighted by molar-refractivity contribution is 9.10. The average Bonchev–Trinajstić information content (AvgIpc) is 2.77. The van der Waals surface area contributed by atoms with Crippen LogP contribution in [-0.2, 0) is 0 Å². The summed E-state index contributed by atoms with van der Waals surface area (Å²) >= 11 is 9.52. The summed E-state index contributed by atoms with van der Waals surface area (Å²) in [6.45, 7) is 3.83. The fraction of sp³-hybridized carbons (Fsp3) is 0.188. The number of hydrogen-bond donors (Lipinski definition) is 0. The van der Waals surface area contributed by atoms with Crippen LogP contribution in [0.1, 0.15) is 23.7 Å². The number of benzene rings is 2. The molecule has 0 aliphatic rings. The Morgan fingerprint density at radius 1 is 1.24 bits per heavy atom. The van der Waals surface area contributed by atoms with E-state index < -0.39 is 0 Å². The first-order valence-electron chi connectivity index (χ1n) is 6.56. The van der Waals surface area contributed by atoms with E-state index in [-0.39, 0.29) is 11.2 Å². The molecule has 0 aliphatic heterocycles. The van der Waals surface area contributed by atoms with Crippen LogP contribution < -0.4 is 0 Å². The van der Waals surface area contributed by atoms with Crippen LogP contribution in [0.2, 0.25) is 0 Å². The van der Waals surface area contributed by atoms with Crippen molar-refractivity contribution in [3.05, 3.63) is 58.1 Å². The normalized spacial score (nSPS) is 12.8. The standard InChI is InChI=1S/C16H13BrClFN2/c1-9-3-5-13-15(7-9)21(16(20-13)10(2)18)14-6-4-11(17)8-12(14)19/h3-8,10H,1-2H3. The van der Waals surface area contributed by atoms with Gasteiger partial charge in [0.05, 0.1) is 22.1 Å². The van der Waals surface area contributed by atoms with Gasteiger partial charge in [-0.25, -0.2) is 9.37 Å². The van der Waals surface area contributed by atoms with Crippen molar-refractivity contribution in [2.24, 2.45) is 0 Å². The Morgan fingerprint density at radius 3 is 2.67 bits per heavy atom. The second-order valence-electron chi connectivity index (χ2n) is 5.01. The molecular weight excluding hydrogens is 355 g/mol. The van der Waals surface area contributed by atoms with E-state index in [1.54, 1.807) is 10.6 Å². The van der Waals surface area contributed by atoms with Crippen LogP contribution in [0.15, 0.2) is 40.9 Å². The Labute approximate surface area is 135 Å². The van der Waals surface area contributed by atoms with Crippen LogP contribution in [0, 0.1) is 12.7 Å². The van der Waals surface area contributed by atoms with Crippen molar-refractivity contribution in [2.45, 2.75) is 19.2 Å². The van der Waals surface area contributed by atoms with Gasteiger partial charge in [0.25, 0.3) is 0 Å². The Bertz CT molecular complexity index is 827. The monoisotopic (exact) mass is 366 g/mol. The van der Waals surface area contributed by atoms with Crippen LogP contribution >= 0.6 is 27.5 Å². The molecule has 0 saturated heterocycles. The number of halogens is 3. The summed E-state index contributed by atoms with van der Waals surface area (Å²) in [6, 6.07) is 10.9. The van der Waals surface area contributed by atoms with E-state index in [0.29, 0.717) is 16.0 Å². The number of nitrogens with zero attached hydrogens (tertiary/aromatic N) is 2. The largest absolute Gasteiger partial charge is 0.292 e. The molecule has 0 N–H and O–H groups in total. The van der Waals surface area contributed by atoms with Gasteiger partial charge in [-0.2, -0.15) is 0 Å². The molecule has 0 fully saturated rings. The molecular formula is C16H13BrClFN2. The predicted octanol–water partition coefficient (Wildman–Crippen LogP) is 5.54. The van der Waals surface area contributed by atoms with Crippen molar-refractivity contribution in [2.75, 3.05) is 0 Å². The lowest BCUT2D eigenvalue weighted by Gasteiger charge is -2.12. The number of aryl methyl sites for hydroxylation is 1. The SMILES string of the molecule is Cc1ccc2nc(C(C)Cl)n(-c3ccc(Br)cc3F)c2c1. The number of fused-ring (bicyclic) bond motifs is 1. The Kier molecular flexibility index (Phi) is 3.76. The van der Waals surface area contributed by atoms with Gasteiger partial charge in [-0.3, -0.25) is 4.57 Å². The maximum Gasteiger partial charge on any atom is 0.148 e. The number of hydrogen-bond acceptors (Lipinski definition) is 1. The Hall–Kier alpha value is -1.39. The molecule has 0 radical (unpaired) electrons. The zero-order valence-electron chi connectivity index (χ0n) is 11.6. The van der Waals surface area contributed by atoms with Crippen LogP contribution in [0.4, 0.5) is 4.39 Å². The zero-order chi connectivity index (χ0) is 15.1. The van der Waals surface area contributed by atoms with Gasteiger partial charge < -0.3 is 0 Å². The van der Waals surface area contributed by atoms with Crippen molar-refractivity contribution in [3.8, 4) is 5.69 Å². The van der Waals surface area contributed by atoms with Gasteiger partial charge in [0.1, 0.15) is 11.6 Å². The fourth-order valence-electron chi connectivity index (χ4n) is 2.39. The predicted molar refractivity (Wildman–Crippen MR) is 87.7 cm³/mol. The summed E-state index contributed by atoms with van der Waals surface area (Å²) in [4.78, 5) is 4.55. The number of rotatable bonds is 2. The molecule has 0 amide bonds. The Morgan fingerprint density at radius 2 is 2.00 bits per heavy atom. The van der Waals surface area contributed by atoms with Gasteiger partial charge in [0.15, 0.2) is 0 Å². The van der Waals surface area contributed by atoms with Gasteiger partial charge in [0.2, 0.25) is 0 Å². The van der Waals surface area contributed by atoms with E-state index >= 15 is 0 Å². The molecule has 0 aliphatic carbocycles. The molecule has 2 aromatic carbocycles. The lowest BCUT2D eigenvalue weighted by Crippen LogP contribution is -2.04. The third-order valence-electron chi connectivity index (χ3n) is 3.34. The minimum absolute atomic E-state index is 0.316. The molecule has 0 spiro atoms. The second kappa shape index (κ2) is 5.43. The first kappa shape index (κ1) is 14.5. The van der Waals surface area contributed by atoms with E-state index in [2.05, 4.69) is 20.9 Å². The summed E-state index contributed by atoms with van der Waals surface area (Å²) in [6.07, 6.45) is 0.